The first-order chi connectivity index (χ1) is 13.3. The Labute approximate surface area is 165 Å². The van der Waals surface area contributed by atoms with Crippen LogP contribution in [0, 0.1) is 6.92 Å². The lowest BCUT2D eigenvalue weighted by atomic mass is 9.85. The van der Waals surface area contributed by atoms with E-state index in [1.807, 2.05) is 60.4 Å². The van der Waals surface area contributed by atoms with E-state index in [9.17, 15) is 4.79 Å². The van der Waals surface area contributed by atoms with Crippen LogP contribution in [0.2, 0.25) is 0 Å². The van der Waals surface area contributed by atoms with Crippen LogP contribution >= 0.6 is 0 Å². The van der Waals surface area contributed by atoms with E-state index in [0.717, 1.165) is 33.8 Å². The number of H-pyrrole nitrogens is 1. The molecule has 0 aliphatic carbocycles. The molecule has 2 heterocycles. The van der Waals surface area contributed by atoms with Gasteiger partial charge in [0.1, 0.15) is 5.75 Å². The Morgan fingerprint density at radius 1 is 1.07 bits per heavy atom. The number of nitrogens with zero attached hydrogens (tertiary/aromatic N) is 2. The van der Waals surface area contributed by atoms with Gasteiger partial charge >= 0.3 is 0 Å². The number of aromatic nitrogens is 2. The van der Waals surface area contributed by atoms with Crippen LogP contribution < -0.4 is 9.64 Å². The second-order valence-electron chi connectivity index (χ2n) is 8.27. The van der Waals surface area contributed by atoms with Crippen molar-refractivity contribution in [2.24, 2.45) is 0 Å². The van der Waals surface area contributed by atoms with Crippen LogP contribution in [0.1, 0.15) is 59.7 Å². The SMILES string of the molecule is COc1ccccc1[C@H]1c2c(n[nH]c2C(C)(C)C)C(=O)N1c1ccc(C)cc1. The van der Waals surface area contributed by atoms with Crippen molar-refractivity contribution in [1.82, 2.24) is 10.2 Å². The number of hydrogen-bond donors (Lipinski definition) is 1. The lowest BCUT2D eigenvalue weighted by Gasteiger charge is -2.29. The maximum Gasteiger partial charge on any atom is 0.280 e. The topological polar surface area (TPSA) is 58.2 Å². The first-order valence-corrected chi connectivity index (χ1v) is 9.45. The molecule has 0 spiro atoms. The smallest absolute Gasteiger partial charge is 0.280 e. The van der Waals surface area contributed by atoms with Crippen molar-refractivity contribution in [1.29, 1.82) is 0 Å². The van der Waals surface area contributed by atoms with Crippen LogP contribution in [0.5, 0.6) is 5.75 Å². The number of aromatic amines is 1. The van der Waals surface area contributed by atoms with Crippen LogP contribution in [-0.2, 0) is 5.41 Å². The molecule has 0 unspecified atom stereocenters. The number of anilines is 1. The third-order valence-electron chi connectivity index (χ3n) is 5.25. The van der Waals surface area contributed by atoms with Crippen molar-refractivity contribution in [3.8, 4) is 5.75 Å². The molecule has 0 bridgehead atoms. The molecule has 5 nitrogen and oxygen atoms in total. The zero-order valence-corrected chi connectivity index (χ0v) is 16.9. The third-order valence-corrected chi connectivity index (χ3v) is 5.25. The van der Waals surface area contributed by atoms with Crippen LogP contribution in [0.4, 0.5) is 5.69 Å². The number of carbonyl (C=O) groups excluding carboxylic acids is 1. The monoisotopic (exact) mass is 375 g/mol. The standard InChI is InChI=1S/C23H25N3O2/c1-14-10-12-15(13-11-14)26-20(16-8-6-7-9-17(16)28-5)18-19(22(26)27)24-25-21(18)23(2,3)4/h6-13,20H,1-5H3,(H,24,25)/t20-/m0/s1. The highest BCUT2D eigenvalue weighted by atomic mass is 16.5. The number of para-hydroxylation sites is 1. The number of benzene rings is 2. The number of hydrogen-bond acceptors (Lipinski definition) is 3. The number of rotatable bonds is 3. The first-order valence-electron chi connectivity index (χ1n) is 9.45. The van der Waals surface area contributed by atoms with Crippen LogP contribution in [0.3, 0.4) is 0 Å². The van der Waals surface area contributed by atoms with Gasteiger partial charge in [-0.2, -0.15) is 5.10 Å². The molecule has 5 heteroatoms. The highest BCUT2D eigenvalue weighted by Crippen LogP contribution is 2.47. The van der Waals surface area contributed by atoms with E-state index in [1.165, 1.54) is 0 Å². The molecule has 144 valence electrons. The predicted molar refractivity (Wildman–Crippen MR) is 110 cm³/mol. The molecule has 0 saturated heterocycles. The second-order valence-corrected chi connectivity index (χ2v) is 8.27. The van der Waals surface area contributed by atoms with Gasteiger partial charge in [-0.05, 0) is 25.1 Å². The zero-order chi connectivity index (χ0) is 20.1. The molecule has 1 aliphatic rings. The Kier molecular flexibility index (Phi) is 4.26. The molecule has 2 aromatic carbocycles. The molecule has 0 radical (unpaired) electrons. The fourth-order valence-electron chi connectivity index (χ4n) is 3.87. The minimum Gasteiger partial charge on any atom is -0.496 e. The highest BCUT2D eigenvalue weighted by molar-refractivity contribution is 6.10. The molecule has 4 rings (SSSR count). The van der Waals surface area contributed by atoms with Gasteiger partial charge in [-0.3, -0.25) is 14.8 Å². The fourth-order valence-corrected chi connectivity index (χ4v) is 3.87. The molecule has 1 amide bonds. The molecule has 0 fully saturated rings. The Morgan fingerprint density at radius 2 is 1.75 bits per heavy atom. The molecular weight excluding hydrogens is 350 g/mol. The van der Waals surface area contributed by atoms with Crippen molar-refractivity contribution < 1.29 is 9.53 Å². The van der Waals surface area contributed by atoms with Crippen LogP contribution in [-0.4, -0.2) is 23.2 Å². The molecule has 28 heavy (non-hydrogen) atoms. The summed E-state index contributed by atoms with van der Waals surface area (Å²) in [7, 11) is 1.66. The van der Waals surface area contributed by atoms with Gasteiger partial charge in [0.25, 0.3) is 5.91 Å². The Bertz CT molecular complexity index is 1030. The van der Waals surface area contributed by atoms with Crippen molar-refractivity contribution in [3.05, 3.63) is 76.6 Å². The molecular formula is C23H25N3O2. The lowest BCUT2D eigenvalue weighted by Crippen LogP contribution is -2.30. The summed E-state index contributed by atoms with van der Waals surface area (Å²) in [4.78, 5) is 15.2. The van der Waals surface area contributed by atoms with E-state index < -0.39 is 0 Å². The summed E-state index contributed by atoms with van der Waals surface area (Å²) >= 11 is 0. The van der Waals surface area contributed by atoms with Crippen LogP contribution in [0.25, 0.3) is 0 Å². The van der Waals surface area contributed by atoms with E-state index in [1.54, 1.807) is 7.11 Å². The van der Waals surface area contributed by atoms with E-state index in [0.29, 0.717) is 5.69 Å². The second kappa shape index (κ2) is 6.51. The summed E-state index contributed by atoms with van der Waals surface area (Å²) in [5, 5.41) is 7.54. The van der Waals surface area contributed by atoms with Crippen LogP contribution in [0.15, 0.2) is 48.5 Å². The molecule has 1 aromatic heterocycles. The average molecular weight is 375 g/mol. The van der Waals surface area contributed by atoms with Gasteiger partial charge in [-0.15, -0.1) is 0 Å². The number of ether oxygens (including phenoxy) is 1. The van der Waals surface area contributed by atoms with Crippen molar-refractivity contribution in [3.63, 3.8) is 0 Å². The van der Waals surface area contributed by atoms with E-state index >= 15 is 0 Å². The van der Waals surface area contributed by atoms with Gasteiger partial charge in [0.05, 0.1) is 13.2 Å². The largest absolute Gasteiger partial charge is 0.496 e. The number of carbonyl (C=O) groups is 1. The zero-order valence-electron chi connectivity index (χ0n) is 16.9. The normalized spacial score (nSPS) is 16.4. The molecule has 1 N–H and O–H groups in total. The van der Waals surface area contributed by atoms with E-state index in [4.69, 9.17) is 4.74 Å². The van der Waals surface area contributed by atoms with E-state index in [-0.39, 0.29) is 17.4 Å². The number of methoxy groups -OCH3 is 1. The summed E-state index contributed by atoms with van der Waals surface area (Å²) in [6.07, 6.45) is 0. The van der Waals surface area contributed by atoms with Gasteiger partial charge in [0.15, 0.2) is 5.69 Å². The first kappa shape index (κ1) is 18.3. The predicted octanol–water partition coefficient (Wildman–Crippen LogP) is 4.77. The Hall–Kier alpha value is -3.08. The molecule has 3 aromatic rings. The summed E-state index contributed by atoms with van der Waals surface area (Å²) < 4.78 is 5.64. The Balaban J connectivity index is 1.98. The lowest BCUT2D eigenvalue weighted by molar-refractivity contribution is 0.0988. The van der Waals surface area contributed by atoms with Crippen molar-refractivity contribution >= 4 is 11.6 Å². The van der Waals surface area contributed by atoms with Gasteiger partial charge in [0.2, 0.25) is 0 Å². The maximum atomic E-state index is 13.4. The molecule has 0 saturated carbocycles. The highest BCUT2D eigenvalue weighted by Gasteiger charge is 2.45. The van der Waals surface area contributed by atoms with Gasteiger partial charge in [-0.1, -0.05) is 56.7 Å². The van der Waals surface area contributed by atoms with Gasteiger partial charge in [-0.25, -0.2) is 0 Å². The maximum absolute atomic E-state index is 13.4. The molecule has 1 aliphatic heterocycles. The summed E-state index contributed by atoms with van der Waals surface area (Å²) in [5.41, 5.74) is 5.17. The minimum absolute atomic E-state index is 0.0958. The number of amides is 1. The quantitative estimate of drug-likeness (QED) is 0.717. The minimum atomic E-state index is -0.297. The van der Waals surface area contributed by atoms with Gasteiger partial charge in [0, 0.05) is 27.9 Å². The Morgan fingerprint density at radius 3 is 2.39 bits per heavy atom. The van der Waals surface area contributed by atoms with Crippen molar-refractivity contribution in [2.75, 3.05) is 12.0 Å². The summed E-state index contributed by atoms with van der Waals surface area (Å²) in [6, 6.07) is 15.6. The van der Waals surface area contributed by atoms with E-state index in [2.05, 4.69) is 31.0 Å². The van der Waals surface area contributed by atoms with Crippen molar-refractivity contribution in [2.45, 2.75) is 39.2 Å². The average Bonchev–Trinajstić information content (AvgIpc) is 3.22. The summed E-state index contributed by atoms with van der Waals surface area (Å²) in [5.74, 6) is 0.660. The number of aryl methyl sites for hydroxylation is 1. The van der Waals surface area contributed by atoms with Gasteiger partial charge < -0.3 is 4.74 Å². The number of nitrogens with one attached hydrogen (secondary N) is 1. The molecule has 1 atom stereocenters. The number of fused-ring (bicyclic) bond motifs is 1. The fraction of sp³-hybridized carbons (Fsp3) is 0.304. The summed E-state index contributed by atoms with van der Waals surface area (Å²) in [6.45, 7) is 8.41. The third kappa shape index (κ3) is 2.78.